The molecule has 0 amide bonds. The van der Waals surface area contributed by atoms with Crippen molar-refractivity contribution in [3.8, 4) is 0 Å². The van der Waals surface area contributed by atoms with E-state index in [0.29, 0.717) is 0 Å². The molecule has 0 aromatic carbocycles. The minimum absolute atomic E-state index is 1.01. The zero-order chi connectivity index (χ0) is 10.6. The zero-order valence-electron chi connectivity index (χ0n) is 9.05. The van der Waals surface area contributed by atoms with Gasteiger partial charge in [-0.1, -0.05) is 6.92 Å². The molecule has 2 nitrogen and oxygen atoms in total. The molecule has 1 heterocycles. The van der Waals surface area contributed by atoms with Crippen LogP contribution in [0.25, 0.3) is 0 Å². The van der Waals surface area contributed by atoms with Crippen LogP contribution in [0.3, 0.4) is 0 Å². The monoisotopic (exact) mass is 256 g/mol. The molecule has 3 heteroatoms. The summed E-state index contributed by atoms with van der Waals surface area (Å²) < 4.78 is 1.11. The fourth-order valence-corrected chi connectivity index (χ4v) is 1.96. The van der Waals surface area contributed by atoms with Gasteiger partial charge < -0.3 is 4.90 Å². The maximum atomic E-state index is 4.41. The summed E-state index contributed by atoms with van der Waals surface area (Å²) in [6.07, 6.45) is 2.93. The summed E-state index contributed by atoms with van der Waals surface area (Å²) in [5.74, 6) is 1.08. The molecule has 0 aliphatic heterocycles. The topological polar surface area (TPSA) is 16.1 Å². The number of aryl methyl sites for hydroxylation is 1. The van der Waals surface area contributed by atoms with Gasteiger partial charge in [-0.2, -0.15) is 0 Å². The molecule has 1 aromatic rings. The normalized spacial score (nSPS) is 10.3. The Balaban J connectivity index is 2.98. The lowest BCUT2D eigenvalue weighted by Gasteiger charge is -2.20. The van der Waals surface area contributed by atoms with Gasteiger partial charge in [-0.3, -0.25) is 0 Å². The van der Waals surface area contributed by atoms with Crippen LogP contribution in [0.4, 0.5) is 5.82 Å². The van der Waals surface area contributed by atoms with Crippen molar-refractivity contribution in [2.45, 2.75) is 27.2 Å². The molecule has 1 aromatic heterocycles. The fraction of sp³-hybridized carbons (Fsp3) is 0.545. The molecule has 0 radical (unpaired) electrons. The molecule has 0 spiro atoms. The van der Waals surface area contributed by atoms with E-state index in [4.69, 9.17) is 0 Å². The van der Waals surface area contributed by atoms with Crippen LogP contribution >= 0.6 is 15.9 Å². The van der Waals surface area contributed by atoms with E-state index in [-0.39, 0.29) is 0 Å². The Labute approximate surface area is 94.5 Å². The van der Waals surface area contributed by atoms with E-state index in [0.717, 1.165) is 29.8 Å². The maximum absolute atomic E-state index is 4.41. The van der Waals surface area contributed by atoms with Crippen molar-refractivity contribution < 1.29 is 0 Å². The first-order valence-corrected chi connectivity index (χ1v) is 5.91. The van der Waals surface area contributed by atoms with E-state index in [1.165, 1.54) is 5.56 Å². The quantitative estimate of drug-likeness (QED) is 0.823. The molecule has 0 bridgehead atoms. The van der Waals surface area contributed by atoms with Crippen LogP contribution in [0.2, 0.25) is 0 Å². The van der Waals surface area contributed by atoms with E-state index in [9.17, 15) is 0 Å². The Hall–Kier alpha value is -0.570. The summed E-state index contributed by atoms with van der Waals surface area (Å²) in [6.45, 7) is 8.48. The summed E-state index contributed by atoms with van der Waals surface area (Å²) in [5, 5.41) is 0. The zero-order valence-corrected chi connectivity index (χ0v) is 10.6. The van der Waals surface area contributed by atoms with Crippen molar-refractivity contribution in [2.75, 3.05) is 18.0 Å². The largest absolute Gasteiger partial charge is 0.357 e. The molecule has 0 saturated heterocycles. The number of anilines is 1. The Morgan fingerprint density at radius 1 is 1.29 bits per heavy atom. The van der Waals surface area contributed by atoms with Crippen LogP contribution in [0.5, 0.6) is 0 Å². The van der Waals surface area contributed by atoms with Gasteiger partial charge >= 0.3 is 0 Å². The lowest BCUT2D eigenvalue weighted by atomic mass is 10.2. The van der Waals surface area contributed by atoms with Crippen molar-refractivity contribution in [1.29, 1.82) is 0 Å². The van der Waals surface area contributed by atoms with Crippen molar-refractivity contribution in [2.24, 2.45) is 0 Å². The number of nitrogens with zero attached hydrogens (tertiary/aromatic N) is 2. The van der Waals surface area contributed by atoms with Crippen molar-refractivity contribution in [3.63, 3.8) is 0 Å². The minimum Gasteiger partial charge on any atom is -0.357 e. The van der Waals surface area contributed by atoms with E-state index in [1.54, 1.807) is 0 Å². The predicted octanol–water partition coefficient (Wildman–Crippen LogP) is 3.25. The van der Waals surface area contributed by atoms with Gasteiger partial charge in [0.25, 0.3) is 0 Å². The Morgan fingerprint density at radius 2 is 1.93 bits per heavy atom. The van der Waals surface area contributed by atoms with Crippen molar-refractivity contribution in [3.05, 3.63) is 22.3 Å². The first-order valence-electron chi connectivity index (χ1n) is 5.12. The van der Waals surface area contributed by atoms with Crippen LogP contribution < -0.4 is 4.90 Å². The minimum atomic E-state index is 1.01. The van der Waals surface area contributed by atoms with Crippen LogP contribution in [0.15, 0.2) is 16.7 Å². The van der Waals surface area contributed by atoms with E-state index < -0.39 is 0 Å². The molecule has 0 aliphatic rings. The number of hydrogen-bond donors (Lipinski definition) is 0. The van der Waals surface area contributed by atoms with Crippen molar-refractivity contribution in [1.82, 2.24) is 4.98 Å². The number of rotatable bonds is 4. The van der Waals surface area contributed by atoms with Gasteiger partial charge in [-0.05, 0) is 47.8 Å². The third-order valence-electron chi connectivity index (χ3n) is 2.39. The fourth-order valence-electron chi connectivity index (χ4n) is 1.46. The summed E-state index contributed by atoms with van der Waals surface area (Å²) in [5.41, 5.74) is 1.32. The van der Waals surface area contributed by atoms with Crippen LogP contribution in [-0.4, -0.2) is 18.1 Å². The molecule has 0 atom stereocenters. The van der Waals surface area contributed by atoms with E-state index in [2.05, 4.69) is 52.7 Å². The molecule has 0 fully saturated rings. The second-order valence-corrected chi connectivity index (χ2v) is 4.01. The smallest absolute Gasteiger partial charge is 0.128 e. The molecular weight excluding hydrogens is 240 g/mol. The molecule has 0 aliphatic carbocycles. The predicted molar refractivity (Wildman–Crippen MR) is 64.9 cm³/mol. The lowest BCUT2D eigenvalue weighted by molar-refractivity contribution is 0.842. The first-order chi connectivity index (χ1) is 6.72. The molecule has 1 rings (SSSR count). The van der Waals surface area contributed by atoms with Gasteiger partial charge in [0.15, 0.2) is 0 Å². The van der Waals surface area contributed by atoms with E-state index in [1.807, 2.05) is 6.20 Å². The van der Waals surface area contributed by atoms with Gasteiger partial charge in [0.05, 0.1) is 0 Å². The van der Waals surface area contributed by atoms with Crippen LogP contribution in [0.1, 0.15) is 26.3 Å². The average molecular weight is 257 g/mol. The van der Waals surface area contributed by atoms with Gasteiger partial charge in [0.2, 0.25) is 0 Å². The SMILES string of the molecule is CCc1cc(N(CC)CC)ncc1Br. The lowest BCUT2D eigenvalue weighted by Crippen LogP contribution is -2.23. The van der Waals surface area contributed by atoms with Gasteiger partial charge in [0, 0.05) is 23.8 Å². The molecular formula is C11H17BrN2. The standard InChI is InChI=1S/C11H17BrN2/c1-4-9-7-11(13-8-10(9)12)14(5-2)6-3/h7-8H,4-6H2,1-3H3. The highest BCUT2D eigenvalue weighted by Gasteiger charge is 2.05. The molecule has 14 heavy (non-hydrogen) atoms. The van der Waals surface area contributed by atoms with Gasteiger partial charge in [-0.25, -0.2) is 4.98 Å². The van der Waals surface area contributed by atoms with E-state index >= 15 is 0 Å². The summed E-state index contributed by atoms with van der Waals surface area (Å²) in [6, 6.07) is 2.16. The number of aromatic nitrogens is 1. The van der Waals surface area contributed by atoms with Gasteiger partial charge in [0.1, 0.15) is 5.82 Å². The molecule has 0 unspecified atom stereocenters. The third kappa shape index (κ3) is 2.47. The second-order valence-electron chi connectivity index (χ2n) is 3.16. The average Bonchev–Trinajstić information content (AvgIpc) is 2.22. The summed E-state index contributed by atoms with van der Waals surface area (Å²) in [4.78, 5) is 6.66. The summed E-state index contributed by atoms with van der Waals surface area (Å²) in [7, 11) is 0. The van der Waals surface area contributed by atoms with Gasteiger partial charge in [-0.15, -0.1) is 0 Å². The van der Waals surface area contributed by atoms with Crippen LogP contribution in [-0.2, 0) is 6.42 Å². The van der Waals surface area contributed by atoms with Crippen molar-refractivity contribution >= 4 is 21.7 Å². The third-order valence-corrected chi connectivity index (χ3v) is 3.10. The molecule has 78 valence electrons. The molecule has 0 saturated carbocycles. The Morgan fingerprint density at radius 3 is 2.43 bits per heavy atom. The Bertz CT molecular complexity index is 295. The summed E-state index contributed by atoms with van der Waals surface area (Å²) >= 11 is 3.50. The molecule has 0 N–H and O–H groups in total. The highest BCUT2D eigenvalue weighted by molar-refractivity contribution is 9.10. The second kappa shape index (κ2) is 5.35. The number of pyridine rings is 1. The number of halogens is 1. The number of hydrogen-bond acceptors (Lipinski definition) is 2. The van der Waals surface area contributed by atoms with Crippen LogP contribution in [0, 0.1) is 0 Å². The first kappa shape index (κ1) is 11.5. The highest BCUT2D eigenvalue weighted by atomic mass is 79.9. The Kier molecular flexibility index (Phi) is 4.39. The highest BCUT2D eigenvalue weighted by Crippen LogP contribution is 2.21. The maximum Gasteiger partial charge on any atom is 0.128 e.